The number of fused-ring (bicyclic) bond motifs is 1. The highest BCUT2D eigenvalue weighted by Gasteiger charge is 2.21. The Kier molecular flexibility index (Phi) is 5.14. The van der Waals surface area contributed by atoms with Crippen LogP contribution in [0.3, 0.4) is 0 Å². The van der Waals surface area contributed by atoms with E-state index in [1.807, 2.05) is 72.8 Å². The largest absolute Gasteiger partial charge is 0.268 e. The number of thioether (sulfide) groups is 1. The molecular weight excluding hydrogens is 400 g/mol. The van der Waals surface area contributed by atoms with Crippen molar-refractivity contribution >= 4 is 22.7 Å². The SMILES string of the molecule is CSc1ccc2c(c1)c(-c1ccccc1)c(-c1ccccc1)c(=O)n2-c1ccccn1. The lowest BCUT2D eigenvalue weighted by atomic mass is 9.92. The maximum absolute atomic E-state index is 14.1. The summed E-state index contributed by atoms with van der Waals surface area (Å²) in [5.74, 6) is 0.617. The molecule has 3 aromatic carbocycles. The van der Waals surface area contributed by atoms with Gasteiger partial charge in [-0.3, -0.25) is 9.36 Å². The van der Waals surface area contributed by atoms with Crippen molar-refractivity contribution in [1.29, 1.82) is 0 Å². The van der Waals surface area contributed by atoms with E-state index in [1.165, 1.54) is 0 Å². The third kappa shape index (κ3) is 3.45. The first-order valence-electron chi connectivity index (χ1n) is 10.1. The Bertz CT molecular complexity index is 1410. The molecule has 0 amide bonds. The van der Waals surface area contributed by atoms with E-state index < -0.39 is 0 Å². The molecule has 0 unspecified atom stereocenters. The standard InChI is InChI=1S/C27H20N2OS/c1-31-21-15-16-23-22(18-21)25(19-10-4-2-5-11-19)26(20-12-6-3-7-13-20)27(30)29(23)24-14-8-9-17-28-24/h2-18H,1H3. The van der Waals surface area contributed by atoms with Crippen molar-refractivity contribution in [3.05, 3.63) is 114 Å². The van der Waals surface area contributed by atoms with E-state index in [9.17, 15) is 4.79 Å². The topological polar surface area (TPSA) is 34.9 Å². The zero-order valence-corrected chi connectivity index (χ0v) is 17.8. The molecule has 0 aliphatic rings. The van der Waals surface area contributed by atoms with Crippen LogP contribution in [0.5, 0.6) is 0 Å². The molecule has 0 N–H and O–H groups in total. The molecule has 2 heterocycles. The van der Waals surface area contributed by atoms with Crippen molar-refractivity contribution in [2.24, 2.45) is 0 Å². The molecule has 0 fully saturated rings. The molecule has 0 atom stereocenters. The Hall–Kier alpha value is -3.63. The molecule has 0 aliphatic heterocycles. The number of hydrogen-bond acceptors (Lipinski definition) is 3. The summed E-state index contributed by atoms with van der Waals surface area (Å²) in [6.07, 6.45) is 3.79. The van der Waals surface area contributed by atoms with E-state index in [-0.39, 0.29) is 5.56 Å². The fourth-order valence-corrected chi connectivity index (χ4v) is 4.43. The Balaban J connectivity index is 2.02. The molecule has 0 radical (unpaired) electrons. The predicted molar refractivity (Wildman–Crippen MR) is 130 cm³/mol. The first-order valence-corrected chi connectivity index (χ1v) is 11.3. The van der Waals surface area contributed by atoms with Crippen molar-refractivity contribution in [2.45, 2.75) is 4.90 Å². The highest BCUT2D eigenvalue weighted by Crippen LogP contribution is 2.37. The summed E-state index contributed by atoms with van der Waals surface area (Å²) in [7, 11) is 0. The first kappa shape index (κ1) is 19.3. The van der Waals surface area contributed by atoms with Gasteiger partial charge >= 0.3 is 0 Å². The Morgan fingerprint density at radius 1 is 0.742 bits per heavy atom. The number of nitrogens with zero attached hydrogens (tertiary/aromatic N) is 2. The van der Waals surface area contributed by atoms with Gasteiger partial charge in [0.15, 0.2) is 0 Å². The molecule has 31 heavy (non-hydrogen) atoms. The average molecular weight is 421 g/mol. The van der Waals surface area contributed by atoms with Gasteiger partial charge in [-0.05, 0) is 47.7 Å². The first-order chi connectivity index (χ1) is 15.3. The molecular formula is C27H20N2OS. The third-order valence-corrected chi connectivity index (χ3v) is 6.11. The van der Waals surface area contributed by atoms with Gasteiger partial charge in [0.25, 0.3) is 5.56 Å². The highest BCUT2D eigenvalue weighted by atomic mass is 32.2. The Morgan fingerprint density at radius 2 is 1.39 bits per heavy atom. The molecule has 0 saturated carbocycles. The second-order valence-electron chi connectivity index (χ2n) is 7.19. The van der Waals surface area contributed by atoms with Gasteiger partial charge in [0.05, 0.1) is 11.1 Å². The average Bonchev–Trinajstić information content (AvgIpc) is 2.84. The second-order valence-corrected chi connectivity index (χ2v) is 8.07. The van der Waals surface area contributed by atoms with E-state index in [0.29, 0.717) is 11.4 Å². The summed E-state index contributed by atoms with van der Waals surface area (Å²) in [6.45, 7) is 0. The second kappa shape index (κ2) is 8.25. The van der Waals surface area contributed by atoms with Crippen molar-refractivity contribution in [1.82, 2.24) is 9.55 Å². The fraction of sp³-hybridized carbons (Fsp3) is 0.0370. The minimum Gasteiger partial charge on any atom is -0.268 e. The summed E-state index contributed by atoms with van der Waals surface area (Å²) in [5, 5.41) is 1.03. The summed E-state index contributed by atoms with van der Waals surface area (Å²) in [4.78, 5) is 19.7. The van der Waals surface area contributed by atoms with Crippen LogP contribution in [0.15, 0.2) is 113 Å². The quantitative estimate of drug-likeness (QED) is 0.314. The number of aromatic nitrogens is 2. The van der Waals surface area contributed by atoms with Gasteiger partial charge in [-0.2, -0.15) is 0 Å². The smallest absolute Gasteiger partial charge is 0.265 e. The monoisotopic (exact) mass is 420 g/mol. The van der Waals surface area contributed by atoms with E-state index in [4.69, 9.17) is 0 Å². The van der Waals surface area contributed by atoms with E-state index in [2.05, 4.69) is 35.5 Å². The third-order valence-electron chi connectivity index (χ3n) is 5.38. The van der Waals surface area contributed by atoms with Crippen LogP contribution in [-0.4, -0.2) is 15.8 Å². The molecule has 150 valence electrons. The van der Waals surface area contributed by atoms with Gasteiger partial charge in [-0.15, -0.1) is 11.8 Å². The number of rotatable bonds is 4. The lowest BCUT2D eigenvalue weighted by Crippen LogP contribution is -2.22. The highest BCUT2D eigenvalue weighted by molar-refractivity contribution is 7.98. The van der Waals surface area contributed by atoms with Crippen LogP contribution < -0.4 is 5.56 Å². The van der Waals surface area contributed by atoms with Crippen LogP contribution in [0.1, 0.15) is 0 Å². The minimum absolute atomic E-state index is 0.0758. The van der Waals surface area contributed by atoms with E-state index in [1.54, 1.807) is 22.5 Å². The fourth-order valence-electron chi connectivity index (χ4n) is 3.99. The molecule has 3 nitrogen and oxygen atoms in total. The van der Waals surface area contributed by atoms with Gasteiger partial charge in [-0.1, -0.05) is 66.7 Å². The van der Waals surface area contributed by atoms with Crippen LogP contribution in [0.4, 0.5) is 0 Å². The molecule has 4 heteroatoms. The number of pyridine rings is 2. The van der Waals surface area contributed by atoms with Crippen molar-refractivity contribution < 1.29 is 0 Å². The summed E-state index contributed by atoms with van der Waals surface area (Å²) in [6, 6.07) is 32.0. The van der Waals surface area contributed by atoms with Crippen LogP contribution in [0.25, 0.3) is 39.0 Å². The lowest BCUT2D eigenvalue weighted by molar-refractivity contribution is 0.986. The zero-order valence-electron chi connectivity index (χ0n) is 17.0. The van der Waals surface area contributed by atoms with Crippen LogP contribution in [-0.2, 0) is 0 Å². The molecule has 0 saturated heterocycles. The maximum atomic E-state index is 14.1. The van der Waals surface area contributed by atoms with Crippen molar-refractivity contribution in [3.63, 3.8) is 0 Å². The van der Waals surface area contributed by atoms with Gasteiger partial charge in [0.1, 0.15) is 5.82 Å². The molecule has 0 spiro atoms. The van der Waals surface area contributed by atoms with Crippen LogP contribution in [0, 0.1) is 0 Å². The summed E-state index contributed by atoms with van der Waals surface area (Å²) < 4.78 is 1.73. The summed E-state index contributed by atoms with van der Waals surface area (Å²) in [5.41, 5.74) is 4.33. The van der Waals surface area contributed by atoms with Gasteiger partial charge in [-0.25, -0.2) is 4.98 Å². The van der Waals surface area contributed by atoms with Crippen LogP contribution >= 0.6 is 11.8 Å². The predicted octanol–water partition coefficient (Wildman–Crippen LogP) is 6.44. The maximum Gasteiger partial charge on any atom is 0.265 e. The van der Waals surface area contributed by atoms with Crippen molar-refractivity contribution in [2.75, 3.05) is 6.26 Å². The van der Waals surface area contributed by atoms with Gasteiger partial charge < -0.3 is 0 Å². The molecule has 0 aliphatic carbocycles. The molecule has 0 bridgehead atoms. The molecule has 5 aromatic rings. The van der Waals surface area contributed by atoms with Crippen molar-refractivity contribution in [3.8, 4) is 28.1 Å². The number of benzene rings is 3. The van der Waals surface area contributed by atoms with Crippen LogP contribution in [0.2, 0.25) is 0 Å². The summed E-state index contributed by atoms with van der Waals surface area (Å²) >= 11 is 1.69. The van der Waals surface area contributed by atoms with Gasteiger partial charge in [0.2, 0.25) is 0 Å². The molecule has 2 aromatic heterocycles. The van der Waals surface area contributed by atoms with E-state index >= 15 is 0 Å². The number of hydrogen-bond donors (Lipinski definition) is 0. The minimum atomic E-state index is -0.0758. The Labute approximate surface area is 185 Å². The van der Waals surface area contributed by atoms with Gasteiger partial charge in [0, 0.05) is 22.0 Å². The normalized spacial score (nSPS) is 11.0. The zero-order chi connectivity index (χ0) is 21.2. The van der Waals surface area contributed by atoms with E-state index in [0.717, 1.165) is 32.5 Å². The Morgan fingerprint density at radius 3 is 2.00 bits per heavy atom. The molecule has 5 rings (SSSR count). The lowest BCUT2D eigenvalue weighted by Gasteiger charge is -2.19.